The van der Waals surface area contributed by atoms with Crippen LogP contribution in [0.4, 0.5) is 0 Å². The zero-order valence-corrected chi connectivity index (χ0v) is 7.92. The third-order valence-electron chi connectivity index (χ3n) is 3.93. The molecule has 4 unspecified atom stereocenters. The van der Waals surface area contributed by atoms with E-state index in [1.807, 2.05) is 0 Å². The molecule has 0 amide bonds. The van der Waals surface area contributed by atoms with Gasteiger partial charge in [-0.05, 0) is 24.7 Å². The molecule has 2 rings (SSSR count). The molecular weight excluding hydrogens is 152 g/mol. The van der Waals surface area contributed by atoms with E-state index >= 15 is 0 Å². The molecule has 4 atom stereocenters. The minimum atomic E-state index is -0.393. The van der Waals surface area contributed by atoms with Gasteiger partial charge in [-0.1, -0.05) is 13.8 Å². The Hall–Kier alpha value is -0.0800. The van der Waals surface area contributed by atoms with E-state index in [1.54, 1.807) is 0 Å². The van der Waals surface area contributed by atoms with Gasteiger partial charge >= 0.3 is 0 Å². The molecule has 0 aromatic carbocycles. The largest absolute Gasteiger partial charge is 0.389 e. The zero-order chi connectivity index (χ0) is 8.77. The highest BCUT2D eigenvalue weighted by Crippen LogP contribution is 2.49. The van der Waals surface area contributed by atoms with Crippen molar-refractivity contribution < 1.29 is 9.84 Å². The molecule has 0 bridgehead atoms. The first kappa shape index (κ1) is 8.52. The summed E-state index contributed by atoms with van der Waals surface area (Å²) >= 11 is 0. The molecule has 1 N–H and O–H groups in total. The molecule has 1 saturated heterocycles. The summed E-state index contributed by atoms with van der Waals surface area (Å²) in [6.07, 6.45) is 2.02. The van der Waals surface area contributed by atoms with Gasteiger partial charge in [-0.3, -0.25) is 0 Å². The van der Waals surface area contributed by atoms with Crippen molar-refractivity contribution >= 4 is 0 Å². The van der Waals surface area contributed by atoms with Gasteiger partial charge in [0.15, 0.2) is 0 Å². The highest BCUT2D eigenvalue weighted by molar-refractivity contribution is 5.03. The van der Waals surface area contributed by atoms with Crippen molar-refractivity contribution in [3.05, 3.63) is 0 Å². The van der Waals surface area contributed by atoms with Gasteiger partial charge in [0.05, 0.1) is 12.2 Å². The maximum atomic E-state index is 10.3. The van der Waals surface area contributed by atoms with Crippen LogP contribution in [0.3, 0.4) is 0 Å². The first-order valence-corrected chi connectivity index (χ1v) is 4.94. The molecule has 12 heavy (non-hydrogen) atoms. The lowest BCUT2D eigenvalue weighted by atomic mass is 9.57. The van der Waals surface area contributed by atoms with Crippen molar-refractivity contribution in [2.75, 3.05) is 13.2 Å². The van der Waals surface area contributed by atoms with Crippen molar-refractivity contribution in [3.8, 4) is 0 Å². The average molecular weight is 170 g/mol. The Balaban J connectivity index is 2.02. The van der Waals surface area contributed by atoms with Crippen molar-refractivity contribution in [3.63, 3.8) is 0 Å². The van der Waals surface area contributed by atoms with Gasteiger partial charge in [0.2, 0.25) is 0 Å². The second kappa shape index (κ2) is 2.71. The summed E-state index contributed by atoms with van der Waals surface area (Å²) in [6.45, 7) is 5.99. The summed E-state index contributed by atoms with van der Waals surface area (Å²) in [5.74, 6) is 1.56. The summed E-state index contributed by atoms with van der Waals surface area (Å²) in [5.41, 5.74) is -0.393. The molecule has 0 radical (unpaired) electrons. The molecule has 0 aromatic heterocycles. The Kier molecular flexibility index (Phi) is 1.92. The normalized spacial score (nSPS) is 53.8. The third-order valence-corrected chi connectivity index (χ3v) is 3.93. The Morgan fingerprint density at radius 1 is 1.42 bits per heavy atom. The predicted molar refractivity (Wildman–Crippen MR) is 46.8 cm³/mol. The highest BCUT2D eigenvalue weighted by atomic mass is 16.5. The first-order valence-electron chi connectivity index (χ1n) is 4.94. The quantitative estimate of drug-likeness (QED) is 0.645. The van der Waals surface area contributed by atoms with Crippen molar-refractivity contribution in [1.29, 1.82) is 0 Å². The Morgan fingerprint density at radius 3 is 2.58 bits per heavy atom. The minimum absolute atomic E-state index is 0.393. The number of aliphatic hydroxyl groups is 1. The van der Waals surface area contributed by atoms with E-state index in [9.17, 15) is 5.11 Å². The lowest BCUT2D eigenvalue weighted by Crippen LogP contribution is -2.56. The predicted octanol–water partition coefficient (Wildman–Crippen LogP) is 1.43. The number of hydrogen-bond donors (Lipinski definition) is 1. The highest BCUT2D eigenvalue weighted by Gasteiger charge is 2.53. The molecule has 1 heterocycles. The van der Waals surface area contributed by atoms with E-state index in [-0.39, 0.29) is 0 Å². The molecule has 2 fully saturated rings. The summed E-state index contributed by atoms with van der Waals surface area (Å²) < 4.78 is 5.30. The maximum Gasteiger partial charge on any atom is 0.0729 e. The molecular formula is C10H18O2. The van der Waals surface area contributed by atoms with Crippen molar-refractivity contribution in [2.45, 2.75) is 32.3 Å². The van der Waals surface area contributed by atoms with E-state index in [1.165, 1.54) is 0 Å². The molecule has 1 aliphatic heterocycles. The van der Waals surface area contributed by atoms with Crippen LogP contribution in [0.2, 0.25) is 0 Å². The van der Waals surface area contributed by atoms with Crippen LogP contribution in [-0.2, 0) is 4.74 Å². The van der Waals surface area contributed by atoms with Crippen LogP contribution in [0.25, 0.3) is 0 Å². The van der Waals surface area contributed by atoms with Crippen LogP contribution >= 0.6 is 0 Å². The Morgan fingerprint density at radius 2 is 2.17 bits per heavy atom. The van der Waals surface area contributed by atoms with Crippen LogP contribution < -0.4 is 0 Å². The summed E-state index contributed by atoms with van der Waals surface area (Å²) in [7, 11) is 0. The van der Waals surface area contributed by atoms with Crippen LogP contribution in [0.1, 0.15) is 26.7 Å². The van der Waals surface area contributed by atoms with Gasteiger partial charge in [-0.15, -0.1) is 0 Å². The fourth-order valence-electron chi connectivity index (χ4n) is 2.68. The monoisotopic (exact) mass is 170 g/mol. The first-order chi connectivity index (χ1) is 5.64. The summed E-state index contributed by atoms with van der Waals surface area (Å²) in [5, 5.41) is 10.3. The van der Waals surface area contributed by atoms with Gasteiger partial charge in [-0.2, -0.15) is 0 Å². The van der Waals surface area contributed by atoms with E-state index in [0.29, 0.717) is 17.8 Å². The second-order valence-corrected chi connectivity index (χ2v) is 4.52. The van der Waals surface area contributed by atoms with Gasteiger partial charge in [0.25, 0.3) is 0 Å². The lowest BCUT2D eigenvalue weighted by molar-refractivity contribution is -0.163. The molecule has 2 aliphatic rings. The minimum Gasteiger partial charge on any atom is -0.389 e. The fraction of sp³-hybridized carbons (Fsp3) is 1.00. The molecule has 1 aliphatic carbocycles. The van der Waals surface area contributed by atoms with Gasteiger partial charge < -0.3 is 9.84 Å². The van der Waals surface area contributed by atoms with E-state index in [0.717, 1.165) is 26.1 Å². The average Bonchev–Trinajstić information content (AvgIpc) is 2.56. The van der Waals surface area contributed by atoms with Crippen LogP contribution in [0.15, 0.2) is 0 Å². The fourth-order valence-corrected chi connectivity index (χ4v) is 2.68. The van der Waals surface area contributed by atoms with Crippen LogP contribution in [0.5, 0.6) is 0 Å². The van der Waals surface area contributed by atoms with Gasteiger partial charge in [-0.25, -0.2) is 0 Å². The van der Waals surface area contributed by atoms with E-state index in [2.05, 4.69) is 13.8 Å². The lowest BCUT2D eigenvalue weighted by Gasteiger charge is -2.52. The molecule has 2 heteroatoms. The Labute approximate surface area is 73.9 Å². The number of rotatable bonds is 1. The van der Waals surface area contributed by atoms with E-state index in [4.69, 9.17) is 4.74 Å². The third kappa shape index (κ3) is 1.01. The summed E-state index contributed by atoms with van der Waals surface area (Å²) in [4.78, 5) is 0. The smallest absolute Gasteiger partial charge is 0.0729 e. The SMILES string of the molecule is CC1CC(O)(C2CCOC2)C1C. The zero-order valence-electron chi connectivity index (χ0n) is 7.92. The van der Waals surface area contributed by atoms with Crippen molar-refractivity contribution in [2.24, 2.45) is 17.8 Å². The molecule has 0 aromatic rings. The van der Waals surface area contributed by atoms with Gasteiger partial charge in [0, 0.05) is 12.5 Å². The molecule has 1 saturated carbocycles. The van der Waals surface area contributed by atoms with E-state index < -0.39 is 5.60 Å². The number of hydrogen-bond acceptors (Lipinski definition) is 2. The van der Waals surface area contributed by atoms with Crippen LogP contribution in [-0.4, -0.2) is 23.9 Å². The summed E-state index contributed by atoms with van der Waals surface area (Å²) in [6, 6.07) is 0. The topological polar surface area (TPSA) is 29.5 Å². The maximum absolute atomic E-state index is 10.3. The van der Waals surface area contributed by atoms with Crippen molar-refractivity contribution in [1.82, 2.24) is 0 Å². The molecule has 2 nitrogen and oxygen atoms in total. The number of ether oxygens (including phenoxy) is 1. The van der Waals surface area contributed by atoms with Crippen LogP contribution in [0, 0.1) is 17.8 Å². The molecule has 70 valence electrons. The Bertz CT molecular complexity index is 175. The second-order valence-electron chi connectivity index (χ2n) is 4.52. The van der Waals surface area contributed by atoms with Gasteiger partial charge in [0.1, 0.15) is 0 Å². The standard InChI is InChI=1S/C10H18O2/c1-7-5-10(11,8(7)2)9-3-4-12-6-9/h7-9,11H,3-6H2,1-2H3. The molecule has 0 spiro atoms.